The van der Waals surface area contributed by atoms with E-state index in [0.717, 1.165) is 11.1 Å². The Kier molecular flexibility index (Phi) is 4.30. The molecular formula is C10H12O4S. The third-order valence-electron chi connectivity index (χ3n) is 1.78. The molecule has 0 aliphatic carbocycles. The molecule has 0 aliphatic rings. The van der Waals surface area contributed by atoms with E-state index in [9.17, 15) is 13.2 Å². The van der Waals surface area contributed by atoms with E-state index in [4.69, 9.17) is 4.74 Å². The van der Waals surface area contributed by atoms with Crippen LogP contribution >= 0.6 is 0 Å². The van der Waals surface area contributed by atoms with Crippen LogP contribution in [0, 0.1) is 0 Å². The van der Waals surface area contributed by atoms with Crippen molar-refractivity contribution >= 4 is 16.7 Å². The first-order chi connectivity index (χ1) is 7.08. The number of thiol groups is 1. The molecule has 0 N–H and O–H groups in total. The number of rotatable bonds is 4. The van der Waals surface area contributed by atoms with Gasteiger partial charge in [-0.2, -0.15) is 0 Å². The molecule has 5 heteroatoms. The Hall–Kier alpha value is -1.36. The smallest absolute Gasteiger partial charge is 0.302 e. The van der Waals surface area contributed by atoms with Gasteiger partial charge in [-0.05, 0) is 11.1 Å². The molecule has 0 aliphatic heterocycles. The monoisotopic (exact) mass is 228 g/mol. The van der Waals surface area contributed by atoms with Crippen LogP contribution in [0.5, 0.6) is 0 Å². The second kappa shape index (κ2) is 5.50. The molecule has 82 valence electrons. The third-order valence-corrected chi connectivity index (χ3v) is 2.40. The summed E-state index contributed by atoms with van der Waals surface area (Å²) < 4.78 is 25.7. The van der Waals surface area contributed by atoms with Gasteiger partial charge in [-0.25, -0.2) is 8.42 Å². The van der Waals surface area contributed by atoms with E-state index in [1.807, 2.05) is 0 Å². The Morgan fingerprint density at radius 1 is 1.20 bits per heavy atom. The number of hydrogen-bond acceptors (Lipinski definition) is 4. The first-order valence-electron chi connectivity index (χ1n) is 4.41. The minimum Gasteiger partial charge on any atom is -0.461 e. The topological polar surface area (TPSA) is 60.4 Å². The highest BCUT2D eigenvalue weighted by Crippen LogP contribution is 2.06. The van der Waals surface area contributed by atoms with Crippen molar-refractivity contribution in [3.8, 4) is 0 Å². The van der Waals surface area contributed by atoms with E-state index in [-0.39, 0.29) is 18.3 Å². The average Bonchev–Trinajstić information content (AvgIpc) is 2.16. The standard InChI is InChI=1S/C10H12O4S/c1-8(11)14-6-9-2-4-10(5-3-9)7-15(12)13/h2-5,15H,6-7H2,1H3. The molecule has 1 aromatic carbocycles. The van der Waals surface area contributed by atoms with Crippen LogP contribution in [0.1, 0.15) is 18.1 Å². The molecule has 15 heavy (non-hydrogen) atoms. The summed E-state index contributed by atoms with van der Waals surface area (Å²) in [6, 6.07) is 6.92. The maximum atomic E-state index is 10.5. The van der Waals surface area contributed by atoms with Crippen LogP contribution in [0.2, 0.25) is 0 Å². The molecule has 0 atom stereocenters. The van der Waals surface area contributed by atoms with E-state index in [1.165, 1.54) is 6.92 Å². The molecule has 0 saturated heterocycles. The minimum absolute atomic E-state index is 0.0448. The first kappa shape index (κ1) is 11.7. The van der Waals surface area contributed by atoms with Crippen molar-refractivity contribution in [3.63, 3.8) is 0 Å². The van der Waals surface area contributed by atoms with E-state index in [1.54, 1.807) is 24.3 Å². The zero-order valence-electron chi connectivity index (χ0n) is 8.30. The molecule has 4 nitrogen and oxygen atoms in total. The van der Waals surface area contributed by atoms with Gasteiger partial charge in [0.1, 0.15) is 17.3 Å². The van der Waals surface area contributed by atoms with Crippen molar-refractivity contribution in [2.75, 3.05) is 0 Å². The third kappa shape index (κ3) is 4.60. The maximum Gasteiger partial charge on any atom is 0.302 e. The van der Waals surface area contributed by atoms with Crippen LogP contribution in [0.3, 0.4) is 0 Å². The van der Waals surface area contributed by atoms with Crippen molar-refractivity contribution in [1.29, 1.82) is 0 Å². The lowest BCUT2D eigenvalue weighted by atomic mass is 10.2. The lowest BCUT2D eigenvalue weighted by molar-refractivity contribution is -0.142. The molecular weight excluding hydrogens is 216 g/mol. The van der Waals surface area contributed by atoms with Crippen molar-refractivity contribution in [2.45, 2.75) is 19.3 Å². The van der Waals surface area contributed by atoms with Gasteiger partial charge >= 0.3 is 5.97 Å². The summed E-state index contributed by atoms with van der Waals surface area (Å²) in [6.07, 6.45) is 0. The number of esters is 1. The normalized spacial score (nSPS) is 10.3. The summed E-state index contributed by atoms with van der Waals surface area (Å²) in [4.78, 5) is 10.5. The maximum absolute atomic E-state index is 10.5. The van der Waals surface area contributed by atoms with Gasteiger partial charge in [0.15, 0.2) is 0 Å². The molecule has 0 spiro atoms. The summed E-state index contributed by atoms with van der Waals surface area (Å²) in [5.74, 6) is -0.287. The van der Waals surface area contributed by atoms with Gasteiger partial charge in [0.2, 0.25) is 0 Å². The van der Waals surface area contributed by atoms with Crippen LogP contribution in [-0.2, 0) is 32.6 Å². The summed E-state index contributed by atoms with van der Waals surface area (Å²) in [7, 11) is -2.39. The van der Waals surface area contributed by atoms with Gasteiger partial charge < -0.3 is 4.74 Å². The highest BCUT2D eigenvalue weighted by molar-refractivity contribution is 7.71. The molecule has 0 unspecified atom stereocenters. The summed E-state index contributed by atoms with van der Waals surface area (Å²) in [5, 5.41) is 0. The molecule has 0 amide bonds. The number of benzene rings is 1. The lowest BCUT2D eigenvalue weighted by Gasteiger charge is -2.02. The number of ether oxygens (including phenoxy) is 1. The Labute approximate surface area is 89.8 Å². The predicted octanol–water partition coefficient (Wildman–Crippen LogP) is 0.861. The Morgan fingerprint density at radius 3 is 2.20 bits per heavy atom. The van der Waals surface area contributed by atoms with E-state index in [0.29, 0.717) is 0 Å². The summed E-state index contributed by atoms with van der Waals surface area (Å²) in [6.45, 7) is 1.57. The molecule has 0 fully saturated rings. The van der Waals surface area contributed by atoms with Crippen molar-refractivity contribution < 1.29 is 17.9 Å². The molecule has 0 heterocycles. The van der Waals surface area contributed by atoms with Crippen LogP contribution in [0.15, 0.2) is 24.3 Å². The quantitative estimate of drug-likeness (QED) is 0.613. The number of carbonyl (C=O) groups is 1. The molecule has 0 aromatic heterocycles. The van der Waals surface area contributed by atoms with Crippen molar-refractivity contribution in [3.05, 3.63) is 35.4 Å². The predicted molar refractivity (Wildman–Crippen MR) is 55.9 cm³/mol. The van der Waals surface area contributed by atoms with Gasteiger partial charge in [-0.15, -0.1) is 0 Å². The second-order valence-corrected chi connectivity index (χ2v) is 4.07. The molecule has 0 radical (unpaired) electrons. The Bertz CT molecular complexity index is 398. The van der Waals surface area contributed by atoms with Crippen LogP contribution < -0.4 is 0 Å². The Morgan fingerprint density at radius 2 is 1.73 bits per heavy atom. The molecule has 0 bridgehead atoms. The highest BCUT2D eigenvalue weighted by Gasteiger charge is 1.98. The van der Waals surface area contributed by atoms with E-state index in [2.05, 4.69) is 0 Å². The molecule has 0 saturated carbocycles. The number of hydrogen-bond donors (Lipinski definition) is 1. The molecule has 1 rings (SSSR count). The summed E-state index contributed by atoms with van der Waals surface area (Å²) >= 11 is 0. The zero-order chi connectivity index (χ0) is 11.3. The van der Waals surface area contributed by atoms with E-state index < -0.39 is 10.7 Å². The second-order valence-electron chi connectivity index (χ2n) is 3.09. The highest BCUT2D eigenvalue weighted by atomic mass is 32.2. The fourth-order valence-corrected chi connectivity index (χ4v) is 1.58. The number of carbonyl (C=O) groups excluding carboxylic acids is 1. The van der Waals surface area contributed by atoms with E-state index >= 15 is 0 Å². The van der Waals surface area contributed by atoms with Gasteiger partial charge in [0.05, 0.1) is 5.75 Å². The van der Waals surface area contributed by atoms with Crippen molar-refractivity contribution in [1.82, 2.24) is 0 Å². The average molecular weight is 228 g/mol. The van der Waals surface area contributed by atoms with Crippen LogP contribution in [-0.4, -0.2) is 14.4 Å². The summed E-state index contributed by atoms with van der Waals surface area (Å²) in [5.41, 5.74) is 1.58. The fourth-order valence-electron chi connectivity index (χ4n) is 1.07. The minimum atomic E-state index is -2.39. The van der Waals surface area contributed by atoms with Gasteiger partial charge in [-0.3, -0.25) is 4.79 Å². The molecule has 1 aromatic rings. The largest absolute Gasteiger partial charge is 0.461 e. The zero-order valence-corrected chi connectivity index (χ0v) is 9.20. The van der Waals surface area contributed by atoms with Gasteiger partial charge in [0.25, 0.3) is 0 Å². The SMILES string of the molecule is CC(=O)OCc1ccc(C[SH](=O)=O)cc1. The van der Waals surface area contributed by atoms with Crippen LogP contribution in [0.25, 0.3) is 0 Å². The van der Waals surface area contributed by atoms with Gasteiger partial charge in [0, 0.05) is 6.92 Å². The fraction of sp³-hybridized carbons (Fsp3) is 0.300. The Balaban J connectivity index is 2.59. The van der Waals surface area contributed by atoms with Gasteiger partial charge in [-0.1, -0.05) is 24.3 Å². The van der Waals surface area contributed by atoms with Crippen LogP contribution in [0.4, 0.5) is 0 Å². The van der Waals surface area contributed by atoms with Crippen molar-refractivity contribution in [2.24, 2.45) is 0 Å². The first-order valence-corrected chi connectivity index (χ1v) is 5.77. The lowest BCUT2D eigenvalue weighted by Crippen LogP contribution is -1.98.